The molecule has 1 atom stereocenters. The quantitative estimate of drug-likeness (QED) is 0.730. The molecule has 2 rings (SSSR count). The average molecular weight is 276 g/mol. The predicted octanol–water partition coefficient (Wildman–Crippen LogP) is 0.524. The van der Waals surface area contributed by atoms with Gasteiger partial charge in [0.05, 0.1) is 0 Å². The van der Waals surface area contributed by atoms with Crippen LogP contribution in [-0.2, 0) is 4.79 Å². The summed E-state index contributed by atoms with van der Waals surface area (Å²) in [5.41, 5.74) is 13.0. The molecule has 5 N–H and O–H groups in total. The molecule has 0 spiro atoms. The Morgan fingerprint density at radius 3 is 2.80 bits per heavy atom. The first-order chi connectivity index (χ1) is 9.61. The third-order valence-corrected chi connectivity index (χ3v) is 3.54. The molecule has 6 heteroatoms. The first kappa shape index (κ1) is 14.3. The Bertz CT molecular complexity index is 504. The van der Waals surface area contributed by atoms with E-state index >= 15 is 0 Å². The molecule has 1 aliphatic heterocycles. The van der Waals surface area contributed by atoms with Gasteiger partial charge in [-0.3, -0.25) is 10.1 Å². The van der Waals surface area contributed by atoms with Crippen LogP contribution in [0.5, 0.6) is 0 Å². The smallest absolute Gasteiger partial charge is 0.318 e. The summed E-state index contributed by atoms with van der Waals surface area (Å²) in [6.07, 6.45) is 1.17. The Balaban J connectivity index is 2.00. The van der Waals surface area contributed by atoms with Crippen molar-refractivity contribution in [2.24, 2.45) is 11.5 Å². The van der Waals surface area contributed by atoms with Crippen LogP contribution in [0.1, 0.15) is 24.3 Å². The fourth-order valence-electron chi connectivity index (χ4n) is 2.68. The van der Waals surface area contributed by atoms with Crippen molar-refractivity contribution in [3.05, 3.63) is 29.8 Å². The summed E-state index contributed by atoms with van der Waals surface area (Å²) in [6.45, 7) is 2.08. The zero-order valence-corrected chi connectivity index (χ0v) is 11.3. The van der Waals surface area contributed by atoms with Gasteiger partial charge in [0.1, 0.15) is 0 Å². The molecule has 0 aliphatic carbocycles. The van der Waals surface area contributed by atoms with E-state index in [0.717, 1.165) is 18.7 Å². The number of anilines is 1. The number of carbonyl (C=O) groups is 2. The lowest BCUT2D eigenvalue weighted by Crippen LogP contribution is -2.37. The molecule has 108 valence electrons. The van der Waals surface area contributed by atoms with Gasteiger partial charge in [-0.2, -0.15) is 0 Å². The van der Waals surface area contributed by atoms with Crippen LogP contribution in [0.3, 0.4) is 0 Å². The number of benzene rings is 1. The first-order valence-electron chi connectivity index (χ1n) is 6.75. The zero-order chi connectivity index (χ0) is 14.5. The number of rotatable bonds is 5. The molecule has 1 aliphatic rings. The normalized spacial score (nSPS) is 16.9. The molecular weight excluding hydrogens is 256 g/mol. The highest BCUT2D eigenvalue weighted by Crippen LogP contribution is 2.37. The predicted molar refractivity (Wildman–Crippen MR) is 77.4 cm³/mol. The third kappa shape index (κ3) is 3.27. The molecule has 20 heavy (non-hydrogen) atoms. The van der Waals surface area contributed by atoms with Crippen LogP contribution >= 0.6 is 0 Å². The summed E-state index contributed by atoms with van der Waals surface area (Å²) >= 11 is 0. The van der Waals surface area contributed by atoms with Crippen molar-refractivity contribution in [3.63, 3.8) is 0 Å². The molecule has 3 amide bonds. The van der Waals surface area contributed by atoms with Gasteiger partial charge < -0.3 is 16.4 Å². The Hall–Kier alpha value is -2.08. The molecular formula is C14H20N4O2. The fourth-order valence-corrected chi connectivity index (χ4v) is 2.68. The number of fused-ring (bicyclic) bond motifs is 1. The molecule has 0 saturated carbocycles. The van der Waals surface area contributed by atoms with Gasteiger partial charge in [0.15, 0.2) is 0 Å². The van der Waals surface area contributed by atoms with Crippen molar-refractivity contribution in [2.75, 3.05) is 24.5 Å². The van der Waals surface area contributed by atoms with Crippen molar-refractivity contribution in [1.29, 1.82) is 0 Å². The van der Waals surface area contributed by atoms with E-state index in [2.05, 4.69) is 22.3 Å². The summed E-state index contributed by atoms with van der Waals surface area (Å²) in [5, 5.41) is 2.08. The number of hydrogen-bond acceptors (Lipinski definition) is 4. The number of para-hydroxylation sites is 1. The molecule has 1 unspecified atom stereocenters. The van der Waals surface area contributed by atoms with Gasteiger partial charge in [0.2, 0.25) is 5.91 Å². The Kier molecular flexibility index (Phi) is 4.57. The van der Waals surface area contributed by atoms with Crippen LogP contribution in [0.2, 0.25) is 0 Å². The minimum Gasteiger partial charge on any atom is -0.370 e. The number of nitrogens with zero attached hydrogens (tertiary/aromatic N) is 1. The van der Waals surface area contributed by atoms with Crippen molar-refractivity contribution >= 4 is 17.6 Å². The second-order valence-corrected chi connectivity index (χ2v) is 4.94. The minimum atomic E-state index is -0.808. The van der Waals surface area contributed by atoms with Crippen molar-refractivity contribution in [2.45, 2.75) is 18.8 Å². The van der Waals surface area contributed by atoms with E-state index in [1.807, 2.05) is 12.1 Å². The van der Waals surface area contributed by atoms with Gasteiger partial charge in [-0.15, -0.1) is 0 Å². The Morgan fingerprint density at radius 2 is 2.10 bits per heavy atom. The summed E-state index contributed by atoms with van der Waals surface area (Å²) in [7, 11) is 0. The largest absolute Gasteiger partial charge is 0.370 e. The maximum atomic E-state index is 11.5. The van der Waals surface area contributed by atoms with E-state index in [0.29, 0.717) is 19.0 Å². The standard InChI is InChI=1S/C14H20N4O2/c15-7-5-10-9-18(8-6-13(19)17-14(16)20)12-4-2-1-3-11(10)12/h1-4,10H,5-9,15H2,(H3,16,17,19,20). The summed E-state index contributed by atoms with van der Waals surface area (Å²) in [4.78, 5) is 24.2. The van der Waals surface area contributed by atoms with Gasteiger partial charge in [0.25, 0.3) is 0 Å². The van der Waals surface area contributed by atoms with Crippen molar-refractivity contribution < 1.29 is 9.59 Å². The first-order valence-corrected chi connectivity index (χ1v) is 6.75. The third-order valence-electron chi connectivity index (χ3n) is 3.54. The Labute approximate surface area is 118 Å². The molecule has 0 saturated heterocycles. The number of amides is 3. The Morgan fingerprint density at radius 1 is 1.35 bits per heavy atom. The molecule has 0 bridgehead atoms. The highest BCUT2D eigenvalue weighted by atomic mass is 16.2. The van der Waals surface area contributed by atoms with E-state index in [1.54, 1.807) is 0 Å². The van der Waals surface area contributed by atoms with E-state index in [1.165, 1.54) is 5.56 Å². The SMILES string of the molecule is NCCC1CN(CCC(=O)NC(N)=O)c2ccccc21. The van der Waals surface area contributed by atoms with Crippen LogP contribution in [0.25, 0.3) is 0 Å². The van der Waals surface area contributed by atoms with E-state index in [9.17, 15) is 9.59 Å². The number of imide groups is 1. The van der Waals surface area contributed by atoms with Gasteiger partial charge in [0, 0.05) is 31.1 Å². The zero-order valence-electron chi connectivity index (χ0n) is 11.3. The van der Waals surface area contributed by atoms with Crippen LogP contribution in [-0.4, -0.2) is 31.6 Å². The number of primary amides is 1. The van der Waals surface area contributed by atoms with Crippen molar-refractivity contribution in [3.8, 4) is 0 Å². The second kappa shape index (κ2) is 6.38. The highest BCUT2D eigenvalue weighted by Gasteiger charge is 2.27. The fraction of sp³-hybridized carbons (Fsp3) is 0.429. The maximum Gasteiger partial charge on any atom is 0.318 e. The molecule has 6 nitrogen and oxygen atoms in total. The summed E-state index contributed by atoms with van der Waals surface area (Å²) < 4.78 is 0. The lowest BCUT2D eigenvalue weighted by atomic mass is 9.98. The van der Waals surface area contributed by atoms with Crippen LogP contribution in [0.15, 0.2) is 24.3 Å². The lowest BCUT2D eigenvalue weighted by molar-refractivity contribution is -0.119. The van der Waals surface area contributed by atoms with Gasteiger partial charge >= 0.3 is 6.03 Å². The van der Waals surface area contributed by atoms with Crippen molar-refractivity contribution in [1.82, 2.24) is 5.32 Å². The van der Waals surface area contributed by atoms with Crippen LogP contribution in [0, 0.1) is 0 Å². The summed E-state index contributed by atoms with van der Waals surface area (Å²) in [6, 6.07) is 7.36. The van der Waals surface area contributed by atoms with Crippen LogP contribution < -0.4 is 21.7 Å². The van der Waals surface area contributed by atoms with E-state index < -0.39 is 6.03 Å². The molecule has 0 aromatic heterocycles. The number of urea groups is 1. The van der Waals surface area contributed by atoms with E-state index in [4.69, 9.17) is 11.5 Å². The second-order valence-electron chi connectivity index (χ2n) is 4.94. The van der Waals surface area contributed by atoms with Gasteiger partial charge in [-0.1, -0.05) is 18.2 Å². The van der Waals surface area contributed by atoms with Crippen LogP contribution in [0.4, 0.5) is 10.5 Å². The summed E-state index contributed by atoms with van der Waals surface area (Å²) in [5.74, 6) is 0.0626. The minimum absolute atomic E-state index is 0.243. The molecule has 1 heterocycles. The molecule has 1 aromatic rings. The number of carbonyl (C=O) groups excluding carboxylic acids is 2. The topological polar surface area (TPSA) is 101 Å². The van der Waals surface area contributed by atoms with Gasteiger partial charge in [-0.05, 0) is 24.6 Å². The number of nitrogens with one attached hydrogen (secondary N) is 1. The highest BCUT2D eigenvalue weighted by molar-refractivity contribution is 5.93. The molecule has 0 fully saturated rings. The molecule has 0 radical (unpaired) electrons. The van der Waals surface area contributed by atoms with Gasteiger partial charge in [-0.25, -0.2) is 4.79 Å². The van der Waals surface area contributed by atoms with E-state index in [-0.39, 0.29) is 12.3 Å². The maximum absolute atomic E-state index is 11.5. The number of hydrogen-bond donors (Lipinski definition) is 3. The molecule has 1 aromatic carbocycles. The average Bonchev–Trinajstić information content (AvgIpc) is 2.75. The monoisotopic (exact) mass is 276 g/mol. The number of nitrogens with two attached hydrogens (primary N) is 2. The lowest BCUT2D eigenvalue weighted by Gasteiger charge is -2.19.